The van der Waals surface area contributed by atoms with Crippen LogP contribution >= 0.6 is 0 Å². The fraction of sp³-hybridized carbons (Fsp3) is 0.600. The number of likely N-dealkylation sites (N-methyl/N-ethyl adjacent to an activating group) is 1. The van der Waals surface area contributed by atoms with E-state index in [1.54, 1.807) is 0 Å². The van der Waals surface area contributed by atoms with Crippen LogP contribution in [0.2, 0.25) is 0 Å². The summed E-state index contributed by atoms with van der Waals surface area (Å²) in [5.41, 5.74) is 8.80. The second-order valence-electron chi connectivity index (χ2n) is 5.25. The molecule has 0 fully saturated rings. The van der Waals surface area contributed by atoms with Gasteiger partial charge in [-0.3, -0.25) is 0 Å². The Labute approximate surface area is 106 Å². The highest BCUT2D eigenvalue weighted by Gasteiger charge is 2.20. The summed E-state index contributed by atoms with van der Waals surface area (Å²) in [4.78, 5) is 2.36. The van der Waals surface area contributed by atoms with E-state index in [0.717, 1.165) is 25.9 Å². The molecule has 0 amide bonds. The van der Waals surface area contributed by atoms with Gasteiger partial charge >= 0.3 is 0 Å². The molecule has 2 nitrogen and oxygen atoms in total. The van der Waals surface area contributed by atoms with Crippen LogP contribution in [0.3, 0.4) is 0 Å². The van der Waals surface area contributed by atoms with Gasteiger partial charge < -0.3 is 10.6 Å². The maximum atomic E-state index is 6.33. The van der Waals surface area contributed by atoms with Crippen molar-refractivity contribution in [3.63, 3.8) is 0 Å². The van der Waals surface area contributed by atoms with Gasteiger partial charge in [-0.25, -0.2) is 0 Å². The zero-order valence-corrected chi connectivity index (χ0v) is 11.7. The average molecular weight is 234 g/mol. The quantitative estimate of drug-likeness (QED) is 0.818. The largest absolute Gasteiger partial charge is 0.370 e. The third-order valence-electron chi connectivity index (χ3n) is 3.15. The normalized spacial score (nSPS) is 14.4. The minimum atomic E-state index is -0.102. The van der Waals surface area contributed by atoms with E-state index < -0.39 is 0 Å². The van der Waals surface area contributed by atoms with Crippen molar-refractivity contribution in [1.82, 2.24) is 0 Å². The molecule has 0 aromatic heterocycles. The highest BCUT2D eigenvalue weighted by Crippen LogP contribution is 2.19. The van der Waals surface area contributed by atoms with Crippen LogP contribution in [-0.2, 0) is 0 Å². The molecular formula is C15H26N2. The Bertz CT molecular complexity index is 327. The molecule has 0 aliphatic carbocycles. The van der Waals surface area contributed by atoms with Crippen LogP contribution in [0.1, 0.15) is 39.2 Å². The number of anilines is 1. The lowest BCUT2D eigenvalue weighted by Crippen LogP contribution is -2.47. The highest BCUT2D eigenvalue weighted by atomic mass is 15.1. The van der Waals surface area contributed by atoms with Gasteiger partial charge in [-0.05, 0) is 39.3 Å². The molecule has 0 saturated heterocycles. The van der Waals surface area contributed by atoms with Gasteiger partial charge in [0.2, 0.25) is 0 Å². The minimum Gasteiger partial charge on any atom is -0.370 e. The first kappa shape index (κ1) is 14.0. The van der Waals surface area contributed by atoms with E-state index in [2.05, 4.69) is 56.9 Å². The third-order valence-corrected chi connectivity index (χ3v) is 3.15. The SMILES string of the molecule is CCCC(C)(N)CN(CC)c1ccc(C)cc1. The van der Waals surface area contributed by atoms with E-state index in [0.29, 0.717) is 0 Å². The monoisotopic (exact) mass is 234 g/mol. The Balaban J connectivity index is 2.75. The van der Waals surface area contributed by atoms with Gasteiger partial charge in [0.25, 0.3) is 0 Å². The van der Waals surface area contributed by atoms with Crippen LogP contribution in [0.25, 0.3) is 0 Å². The zero-order valence-electron chi connectivity index (χ0n) is 11.7. The average Bonchev–Trinajstić information content (AvgIpc) is 2.27. The number of rotatable bonds is 6. The molecule has 1 atom stereocenters. The summed E-state index contributed by atoms with van der Waals surface area (Å²) in [5, 5.41) is 0. The molecule has 2 N–H and O–H groups in total. The van der Waals surface area contributed by atoms with Gasteiger partial charge in [0, 0.05) is 24.3 Å². The fourth-order valence-corrected chi connectivity index (χ4v) is 2.23. The number of aryl methyl sites for hydroxylation is 1. The zero-order chi connectivity index (χ0) is 12.9. The lowest BCUT2D eigenvalue weighted by atomic mass is 9.96. The van der Waals surface area contributed by atoms with Crippen LogP contribution in [0.4, 0.5) is 5.69 Å². The van der Waals surface area contributed by atoms with Crippen LogP contribution in [0.15, 0.2) is 24.3 Å². The van der Waals surface area contributed by atoms with E-state index in [4.69, 9.17) is 5.73 Å². The van der Waals surface area contributed by atoms with Crippen LogP contribution in [0, 0.1) is 6.92 Å². The first-order chi connectivity index (χ1) is 7.98. The lowest BCUT2D eigenvalue weighted by Gasteiger charge is -2.33. The molecule has 0 heterocycles. The molecule has 0 saturated carbocycles. The van der Waals surface area contributed by atoms with Crippen molar-refractivity contribution in [1.29, 1.82) is 0 Å². The van der Waals surface area contributed by atoms with Crippen molar-refractivity contribution < 1.29 is 0 Å². The lowest BCUT2D eigenvalue weighted by molar-refractivity contribution is 0.425. The van der Waals surface area contributed by atoms with E-state index in [-0.39, 0.29) is 5.54 Å². The third kappa shape index (κ3) is 4.39. The van der Waals surface area contributed by atoms with Crippen LogP contribution in [-0.4, -0.2) is 18.6 Å². The molecule has 1 aromatic carbocycles. The summed E-state index contributed by atoms with van der Waals surface area (Å²) < 4.78 is 0. The van der Waals surface area contributed by atoms with Crippen molar-refractivity contribution in [3.05, 3.63) is 29.8 Å². The molecule has 96 valence electrons. The van der Waals surface area contributed by atoms with Crippen LogP contribution < -0.4 is 10.6 Å². The summed E-state index contributed by atoms with van der Waals surface area (Å²) >= 11 is 0. The van der Waals surface area contributed by atoms with Gasteiger partial charge in [-0.1, -0.05) is 31.0 Å². The van der Waals surface area contributed by atoms with Crippen LogP contribution in [0.5, 0.6) is 0 Å². The maximum Gasteiger partial charge on any atom is 0.0366 e. The summed E-state index contributed by atoms with van der Waals surface area (Å²) in [6.07, 6.45) is 2.20. The summed E-state index contributed by atoms with van der Waals surface area (Å²) in [7, 11) is 0. The van der Waals surface area contributed by atoms with E-state index in [9.17, 15) is 0 Å². The highest BCUT2D eigenvalue weighted by molar-refractivity contribution is 5.47. The Morgan fingerprint density at radius 2 is 1.76 bits per heavy atom. The molecule has 0 radical (unpaired) electrons. The van der Waals surface area contributed by atoms with Gasteiger partial charge in [-0.2, -0.15) is 0 Å². The first-order valence-electron chi connectivity index (χ1n) is 6.59. The molecule has 1 unspecified atom stereocenters. The summed E-state index contributed by atoms with van der Waals surface area (Å²) in [6, 6.07) is 8.68. The molecule has 1 aromatic rings. The standard InChI is InChI=1S/C15H26N2/c1-5-11-15(4,16)12-17(6-2)14-9-7-13(3)8-10-14/h7-10H,5-6,11-12,16H2,1-4H3. The summed E-state index contributed by atoms with van der Waals surface area (Å²) in [6.45, 7) is 10.5. The maximum absolute atomic E-state index is 6.33. The first-order valence-corrected chi connectivity index (χ1v) is 6.59. The molecular weight excluding hydrogens is 208 g/mol. The summed E-state index contributed by atoms with van der Waals surface area (Å²) in [5.74, 6) is 0. The van der Waals surface area contributed by atoms with Gasteiger partial charge in [0.1, 0.15) is 0 Å². The minimum absolute atomic E-state index is 0.102. The number of benzene rings is 1. The van der Waals surface area contributed by atoms with E-state index in [1.807, 2.05) is 0 Å². The van der Waals surface area contributed by atoms with Gasteiger partial charge in [0.05, 0.1) is 0 Å². The predicted octanol–water partition coefficient (Wildman–Crippen LogP) is 3.34. The van der Waals surface area contributed by atoms with Crippen molar-refractivity contribution in [2.75, 3.05) is 18.0 Å². The van der Waals surface area contributed by atoms with Crippen molar-refractivity contribution in [3.8, 4) is 0 Å². The van der Waals surface area contributed by atoms with E-state index in [1.165, 1.54) is 11.3 Å². The van der Waals surface area contributed by atoms with E-state index >= 15 is 0 Å². The number of hydrogen-bond acceptors (Lipinski definition) is 2. The Kier molecular flexibility index (Phi) is 5.01. The molecule has 0 spiro atoms. The molecule has 17 heavy (non-hydrogen) atoms. The van der Waals surface area contributed by atoms with Gasteiger partial charge in [-0.15, -0.1) is 0 Å². The number of hydrogen-bond donors (Lipinski definition) is 1. The Morgan fingerprint density at radius 1 is 1.18 bits per heavy atom. The molecule has 2 heteroatoms. The number of nitrogens with zero attached hydrogens (tertiary/aromatic N) is 1. The smallest absolute Gasteiger partial charge is 0.0366 e. The van der Waals surface area contributed by atoms with Crippen molar-refractivity contribution in [2.45, 2.75) is 46.1 Å². The fourth-order valence-electron chi connectivity index (χ4n) is 2.23. The molecule has 0 aliphatic heterocycles. The van der Waals surface area contributed by atoms with Gasteiger partial charge in [0.15, 0.2) is 0 Å². The number of nitrogens with two attached hydrogens (primary N) is 1. The second kappa shape index (κ2) is 6.06. The molecule has 1 rings (SSSR count). The Morgan fingerprint density at radius 3 is 2.24 bits per heavy atom. The second-order valence-corrected chi connectivity index (χ2v) is 5.25. The Hall–Kier alpha value is -1.02. The predicted molar refractivity (Wildman–Crippen MR) is 76.6 cm³/mol. The van der Waals surface area contributed by atoms with Crippen molar-refractivity contribution >= 4 is 5.69 Å². The topological polar surface area (TPSA) is 29.3 Å². The molecule has 0 aliphatic rings. The molecule has 0 bridgehead atoms. The van der Waals surface area contributed by atoms with Crippen molar-refractivity contribution in [2.24, 2.45) is 5.73 Å².